The number of halogens is 2. The summed E-state index contributed by atoms with van der Waals surface area (Å²) in [5.41, 5.74) is 3.09. The van der Waals surface area contributed by atoms with E-state index in [1.165, 1.54) is 16.3 Å². The summed E-state index contributed by atoms with van der Waals surface area (Å²) in [7, 11) is 0. The molecule has 1 aliphatic rings. The standard InChI is InChI=1S/C14H18Cl2Si/c1-10-12(11-8-6-5-7-9-11)13(14(2,3)4)17(10,15)16/h5-9,13H,1-4H3. The zero-order valence-electron chi connectivity index (χ0n) is 10.7. The molecule has 2 rings (SSSR count). The Hall–Kier alpha value is -0.243. The van der Waals surface area contributed by atoms with Crippen molar-refractivity contribution in [1.29, 1.82) is 0 Å². The maximum Gasteiger partial charge on any atom is 0.284 e. The van der Waals surface area contributed by atoms with Crippen LogP contribution >= 0.6 is 22.2 Å². The van der Waals surface area contributed by atoms with Gasteiger partial charge in [0.25, 0.3) is 6.69 Å². The Bertz CT molecular complexity index is 455. The number of hydrogen-bond acceptors (Lipinski definition) is 0. The minimum atomic E-state index is -2.24. The zero-order chi connectivity index (χ0) is 12.8. The molecule has 0 amide bonds. The van der Waals surface area contributed by atoms with Gasteiger partial charge in [-0.15, -0.1) is 22.2 Å². The fourth-order valence-corrected chi connectivity index (χ4v) is 8.61. The van der Waals surface area contributed by atoms with Crippen LogP contribution in [0.25, 0.3) is 5.57 Å². The first-order chi connectivity index (χ1) is 7.76. The van der Waals surface area contributed by atoms with E-state index in [1.54, 1.807) is 0 Å². The van der Waals surface area contributed by atoms with E-state index in [-0.39, 0.29) is 5.41 Å². The molecular weight excluding hydrogens is 267 g/mol. The highest BCUT2D eigenvalue weighted by atomic mass is 35.7. The summed E-state index contributed by atoms with van der Waals surface area (Å²) in [6.07, 6.45) is 0. The van der Waals surface area contributed by atoms with Gasteiger partial charge in [0.15, 0.2) is 0 Å². The molecule has 3 heteroatoms. The van der Waals surface area contributed by atoms with Gasteiger partial charge in [0.05, 0.1) is 0 Å². The molecule has 0 fully saturated rings. The van der Waals surface area contributed by atoms with Gasteiger partial charge in [0, 0.05) is 5.54 Å². The van der Waals surface area contributed by atoms with Crippen LogP contribution in [0.3, 0.4) is 0 Å². The lowest BCUT2D eigenvalue weighted by molar-refractivity contribution is 0.416. The van der Waals surface area contributed by atoms with Crippen molar-refractivity contribution in [3.63, 3.8) is 0 Å². The molecule has 0 aromatic heterocycles. The van der Waals surface area contributed by atoms with E-state index in [0.717, 1.165) is 0 Å². The first-order valence-corrected chi connectivity index (χ1v) is 10.0. The predicted octanol–water partition coefficient (Wildman–Crippen LogP) is 5.35. The number of allylic oxidation sites excluding steroid dienone is 2. The molecule has 0 saturated heterocycles. The Morgan fingerprint density at radius 3 is 2.06 bits per heavy atom. The molecule has 1 atom stereocenters. The van der Waals surface area contributed by atoms with Crippen LogP contribution in [-0.2, 0) is 0 Å². The Kier molecular flexibility index (Phi) is 3.22. The van der Waals surface area contributed by atoms with Crippen molar-refractivity contribution in [3.8, 4) is 0 Å². The largest absolute Gasteiger partial charge is 0.284 e. The van der Waals surface area contributed by atoms with Gasteiger partial charge in [0.2, 0.25) is 0 Å². The second-order valence-electron chi connectivity index (χ2n) is 5.83. The molecule has 1 unspecified atom stereocenters. The smallest absolute Gasteiger partial charge is 0.139 e. The molecular formula is C14H18Cl2Si. The van der Waals surface area contributed by atoms with Crippen LogP contribution in [0.1, 0.15) is 33.3 Å². The van der Waals surface area contributed by atoms with Crippen molar-refractivity contribution in [1.82, 2.24) is 0 Å². The van der Waals surface area contributed by atoms with Gasteiger partial charge in [-0.25, -0.2) is 0 Å². The van der Waals surface area contributed by atoms with Gasteiger partial charge < -0.3 is 0 Å². The lowest BCUT2D eigenvalue weighted by Gasteiger charge is -2.49. The van der Waals surface area contributed by atoms with Crippen LogP contribution in [0.5, 0.6) is 0 Å². The molecule has 1 aromatic carbocycles. The highest BCUT2D eigenvalue weighted by Crippen LogP contribution is 2.63. The van der Waals surface area contributed by atoms with Crippen LogP contribution < -0.4 is 0 Å². The molecule has 1 heterocycles. The van der Waals surface area contributed by atoms with Crippen LogP contribution in [0, 0.1) is 5.41 Å². The van der Waals surface area contributed by atoms with Gasteiger partial charge in [-0.1, -0.05) is 56.3 Å². The van der Waals surface area contributed by atoms with Crippen molar-refractivity contribution in [2.45, 2.75) is 33.2 Å². The topological polar surface area (TPSA) is 0 Å². The molecule has 17 heavy (non-hydrogen) atoms. The summed E-state index contributed by atoms with van der Waals surface area (Å²) in [4.78, 5) is 0. The van der Waals surface area contributed by atoms with E-state index in [2.05, 4.69) is 52.0 Å². The van der Waals surface area contributed by atoms with Gasteiger partial charge in [-0.3, -0.25) is 0 Å². The van der Waals surface area contributed by atoms with Crippen LogP contribution in [-0.4, -0.2) is 6.69 Å². The van der Waals surface area contributed by atoms with Crippen molar-refractivity contribution in [2.24, 2.45) is 5.41 Å². The summed E-state index contributed by atoms with van der Waals surface area (Å²) >= 11 is 13.2. The molecule has 1 aliphatic heterocycles. The van der Waals surface area contributed by atoms with Crippen LogP contribution in [0.2, 0.25) is 5.54 Å². The minimum Gasteiger partial charge on any atom is -0.139 e. The van der Waals surface area contributed by atoms with Gasteiger partial charge in [0.1, 0.15) is 0 Å². The Morgan fingerprint density at radius 1 is 1.06 bits per heavy atom. The van der Waals surface area contributed by atoms with Gasteiger partial charge in [-0.05, 0) is 23.5 Å². The van der Waals surface area contributed by atoms with Crippen LogP contribution in [0.4, 0.5) is 0 Å². The number of benzene rings is 1. The van der Waals surface area contributed by atoms with Crippen molar-refractivity contribution in [3.05, 3.63) is 41.1 Å². The summed E-state index contributed by atoms with van der Waals surface area (Å²) in [6.45, 7) is 6.52. The molecule has 0 bridgehead atoms. The molecule has 0 nitrogen and oxygen atoms in total. The monoisotopic (exact) mass is 284 g/mol. The summed E-state index contributed by atoms with van der Waals surface area (Å²) in [5.74, 6) is 0. The van der Waals surface area contributed by atoms with E-state index >= 15 is 0 Å². The van der Waals surface area contributed by atoms with Crippen LogP contribution in [0.15, 0.2) is 35.5 Å². The van der Waals surface area contributed by atoms with E-state index in [9.17, 15) is 0 Å². The fourth-order valence-electron chi connectivity index (χ4n) is 2.69. The average Bonchev–Trinajstić information content (AvgIpc) is 2.24. The second-order valence-corrected chi connectivity index (χ2v) is 12.6. The SMILES string of the molecule is CC1=C(c2ccccc2)C(C(C)(C)C)[Si]1(Cl)Cl. The molecule has 0 saturated carbocycles. The maximum atomic E-state index is 6.60. The van der Waals surface area contributed by atoms with E-state index in [0.29, 0.717) is 5.54 Å². The molecule has 92 valence electrons. The summed E-state index contributed by atoms with van der Waals surface area (Å²) in [5, 5.41) is 1.23. The third-order valence-corrected chi connectivity index (χ3v) is 9.67. The highest BCUT2D eigenvalue weighted by Gasteiger charge is 2.57. The molecule has 0 aliphatic carbocycles. The quantitative estimate of drug-likeness (QED) is 0.482. The normalized spacial score (nSPS) is 23.5. The minimum absolute atomic E-state index is 0.125. The second kappa shape index (κ2) is 4.15. The Labute approximate surface area is 114 Å². The van der Waals surface area contributed by atoms with Crippen molar-refractivity contribution in [2.75, 3.05) is 0 Å². The first kappa shape index (κ1) is 13.2. The lowest BCUT2D eigenvalue weighted by Crippen LogP contribution is -2.46. The molecule has 1 aromatic rings. The van der Waals surface area contributed by atoms with Gasteiger partial charge >= 0.3 is 0 Å². The van der Waals surface area contributed by atoms with E-state index in [1.807, 2.05) is 6.07 Å². The molecule has 0 N–H and O–H groups in total. The first-order valence-electron chi connectivity index (χ1n) is 5.90. The Morgan fingerprint density at radius 2 is 1.59 bits per heavy atom. The third-order valence-electron chi connectivity index (χ3n) is 3.51. The number of hydrogen-bond donors (Lipinski definition) is 0. The van der Waals surface area contributed by atoms with Crippen molar-refractivity contribution < 1.29 is 0 Å². The molecule has 0 spiro atoms. The van der Waals surface area contributed by atoms with E-state index < -0.39 is 6.69 Å². The van der Waals surface area contributed by atoms with Gasteiger partial charge in [-0.2, -0.15) is 0 Å². The fraction of sp³-hybridized carbons (Fsp3) is 0.429. The Balaban J connectivity index is 2.51. The predicted molar refractivity (Wildman–Crippen MR) is 79.7 cm³/mol. The zero-order valence-corrected chi connectivity index (χ0v) is 13.2. The maximum absolute atomic E-state index is 6.60. The average molecular weight is 285 g/mol. The summed E-state index contributed by atoms with van der Waals surface area (Å²) in [6, 6.07) is 10.5. The third kappa shape index (κ3) is 2.09. The van der Waals surface area contributed by atoms with E-state index in [4.69, 9.17) is 22.2 Å². The van der Waals surface area contributed by atoms with Crippen molar-refractivity contribution >= 4 is 34.4 Å². The lowest BCUT2D eigenvalue weighted by atomic mass is 9.83. The highest BCUT2D eigenvalue weighted by molar-refractivity contribution is 7.51. The summed E-state index contributed by atoms with van der Waals surface area (Å²) < 4.78 is 0. The molecule has 0 radical (unpaired) electrons. The number of rotatable bonds is 1.